The van der Waals surface area contributed by atoms with Crippen LogP contribution in [0.5, 0.6) is 5.75 Å². The van der Waals surface area contributed by atoms with Crippen LogP contribution in [-0.2, 0) is 11.2 Å². The molecule has 2 N–H and O–H groups in total. The van der Waals surface area contributed by atoms with Crippen LogP contribution in [0, 0.1) is 5.92 Å². The molecule has 0 amide bonds. The highest BCUT2D eigenvalue weighted by Crippen LogP contribution is 2.29. The Morgan fingerprint density at radius 3 is 2.78 bits per heavy atom. The minimum Gasteiger partial charge on any atom is -0.496 e. The molecule has 7 nitrogen and oxygen atoms in total. The maximum absolute atomic E-state index is 12.5. The summed E-state index contributed by atoms with van der Waals surface area (Å²) in [6.45, 7) is 4.08. The van der Waals surface area contributed by atoms with E-state index >= 15 is 0 Å². The Morgan fingerprint density at radius 1 is 1.17 bits per heavy atom. The second kappa shape index (κ2) is 13.1. The Morgan fingerprint density at radius 2 is 2.03 bits per heavy atom. The first kappa shape index (κ1) is 25.8. The van der Waals surface area contributed by atoms with Crippen LogP contribution in [0.4, 0.5) is 5.82 Å². The van der Waals surface area contributed by atoms with Crippen molar-refractivity contribution in [2.45, 2.75) is 57.9 Å². The number of hydrogen-bond donors (Lipinski definition) is 2. The summed E-state index contributed by atoms with van der Waals surface area (Å²) in [5.74, 6) is 2.18. The fourth-order valence-corrected chi connectivity index (χ4v) is 4.86. The lowest BCUT2D eigenvalue weighted by Crippen LogP contribution is -2.31. The predicted molar refractivity (Wildman–Crippen MR) is 143 cm³/mol. The predicted octanol–water partition coefficient (Wildman–Crippen LogP) is 5.39. The summed E-state index contributed by atoms with van der Waals surface area (Å²) < 4.78 is 5.70. The molecule has 3 aromatic rings. The molecule has 0 bridgehead atoms. The normalized spacial score (nSPS) is 14.8. The Balaban J connectivity index is 1.42. The van der Waals surface area contributed by atoms with Gasteiger partial charge in [0, 0.05) is 30.3 Å². The molecule has 4 rings (SSSR count). The molecule has 1 aliphatic heterocycles. The van der Waals surface area contributed by atoms with E-state index in [1.165, 1.54) is 0 Å². The summed E-state index contributed by atoms with van der Waals surface area (Å²) in [7, 11) is 1.69. The van der Waals surface area contributed by atoms with Crippen molar-refractivity contribution >= 4 is 11.6 Å². The van der Waals surface area contributed by atoms with Crippen molar-refractivity contribution in [1.29, 1.82) is 0 Å². The van der Waals surface area contributed by atoms with Crippen molar-refractivity contribution in [3.8, 4) is 17.0 Å². The Bertz CT molecular complexity index is 1120. The van der Waals surface area contributed by atoms with E-state index in [1.54, 1.807) is 25.7 Å². The van der Waals surface area contributed by atoms with Crippen molar-refractivity contribution in [3.63, 3.8) is 0 Å². The van der Waals surface area contributed by atoms with Crippen LogP contribution in [0.1, 0.15) is 62.6 Å². The number of ketones is 1. The van der Waals surface area contributed by atoms with Crippen LogP contribution < -0.4 is 15.4 Å². The molecule has 7 heteroatoms. The molecular weight excluding hydrogens is 450 g/mol. The molecule has 190 valence electrons. The first-order valence-corrected chi connectivity index (χ1v) is 13.1. The third-order valence-electron chi connectivity index (χ3n) is 6.87. The van der Waals surface area contributed by atoms with Gasteiger partial charge in [0.15, 0.2) is 0 Å². The smallest absolute Gasteiger partial charge is 0.145 e. The summed E-state index contributed by atoms with van der Waals surface area (Å²) in [4.78, 5) is 26.1. The minimum absolute atomic E-state index is 0.123. The number of pyridine rings is 1. The average molecular weight is 488 g/mol. The standard InChI is InChI=1S/C29H37N5O2/c1-3-6-25(24-8-5-14-31-18-24)33-29-20-32-19-26(34-29)23-11-10-22(28(17-23)36-2)7-4-9-27(35)21-12-15-30-16-13-21/h5,8,10-11,14,17-21,25,30H,3-4,6-7,9,12-13,15-16H2,1-2H3,(H,33,34). The van der Waals surface area contributed by atoms with E-state index in [4.69, 9.17) is 9.72 Å². The lowest BCUT2D eigenvalue weighted by Gasteiger charge is -2.21. The van der Waals surface area contributed by atoms with Gasteiger partial charge in [0.05, 0.1) is 31.2 Å². The van der Waals surface area contributed by atoms with E-state index < -0.39 is 0 Å². The lowest BCUT2D eigenvalue weighted by molar-refractivity contribution is -0.123. The largest absolute Gasteiger partial charge is 0.496 e. The number of ether oxygens (including phenoxy) is 1. The highest BCUT2D eigenvalue weighted by molar-refractivity contribution is 5.81. The number of methoxy groups -OCH3 is 1. The fraction of sp³-hybridized carbons (Fsp3) is 0.448. The third kappa shape index (κ3) is 6.88. The Hall–Kier alpha value is -3.32. The van der Waals surface area contributed by atoms with Crippen molar-refractivity contribution in [3.05, 3.63) is 66.2 Å². The van der Waals surface area contributed by atoms with Gasteiger partial charge < -0.3 is 15.4 Å². The van der Waals surface area contributed by atoms with E-state index in [1.807, 2.05) is 18.3 Å². The summed E-state index contributed by atoms with van der Waals surface area (Å²) in [6, 6.07) is 10.3. The van der Waals surface area contributed by atoms with E-state index in [0.717, 1.165) is 85.6 Å². The number of anilines is 1. The van der Waals surface area contributed by atoms with Gasteiger partial charge >= 0.3 is 0 Å². The number of piperidine rings is 1. The average Bonchev–Trinajstić information content (AvgIpc) is 2.94. The van der Waals surface area contributed by atoms with E-state index in [-0.39, 0.29) is 12.0 Å². The molecule has 1 aliphatic rings. The van der Waals surface area contributed by atoms with Crippen LogP contribution in [0.15, 0.2) is 55.1 Å². The number of Topliss-reactive ketones (excluding diaryl/α,β-unsaturated/α-hetero) is 1. The number of nitrogens with one attached hydrogen (secondary N) is 2. The number of rotatable bonds is 12. The quantitative estimate of drug-likeness (QED) is 0.354. The topological polar surface area (TPSA) is 89.0 Å². The van der Waals surface area contributed by atoms with Crippen LogP contribution in [0.3, 0.4) is 0 Å². The van der Waals surface area contributed by atoms with Crippen LogP contribution >= 0.6 is 0 Å². The summed E-state index contributed by atoms with van der Waals surface area (Å²) in [6.07, 6.45) is 13.4. The SMILES string of the molecule is CCCC(Nc1cncc(-c2ccc(CCCC(=O)C3CCNCC3)c(OC)c2)n1)c1cccnc1. The fourth-order valence-electron chi connectivity index (χ4n) is 4.86. The van der Waals surface area contributed by atoms with Gasteiger partial charge in [0.1, 0.15) is 17.4 Å². The number of aryl methyl sites for hydroxylation is 1. The zero-order chi connectivity index (χ0) is 25.2. The number of nitrogens with zero attached hydrogens (tertiary/aromatic N) is 3. The van der Waals surface area contributed by atoms with Crippen molar-refractivity contribution in [2.75, 3.05) is 25.5 Å². The van der Waals surface area contributed by atoms with Gasteiger partial charge in [-0.2, -0.15) is 0 Å². The number of carbonyl (C=O) groups excluding carboxylic acids is 1. The number of aromatic nitrogens is 3. The zero-order valence-corrected chi connectivity index (χ0v) is 21.4. The molecule has 36 heavy (non-hydrogen) atoms. The van der Waals surface area contributed by atoms with Crippen molar-refractivity contribution < 1.29 is 9.53 Å². The Labute approximate surface area is 214 Å². The highest BCUT2D eigenvalue weighted by atomic mass is 16.5. The van der Waals surface area contributed by atoms with E-state index in [2.05, 4.69) is 45.7 Å². The van der Waals surface area contributed by atoms with Gasteiger partial charge in [-0.05, 0) is 68.5 Å². The van der Waals surface area contributed by atoms with Crippen molar-refractivity contribution in [2.24, 2.45) is 5.92 Å². The number of benzene rings is 1. The van der Waals surface area contributed by atoms with Gasteiger partial charge in [-0.25, -0.2) is 4.98 Å². The zero-order valence-electron chi connectivity index (χ0n) is 21.4. The molecule has 1 saturated heterocycles. The molecule has 3 heterocycles. The second-order valence-electron chi connectivity index (χ2n) is 9.43. The van der Waals surface area contributed by atoms with Gasteiger partial charge in [-0.15, -0.1) is 0 Å². The molecule has 1 aromatic carbocycles. The lowest BCUT2D eigenvalue weighted by atomic mass is 9.90. The Kier molecular flexibility index (Phi) is 9.39. The maximum atomic E-state index is 12.5. The second-order valence-corrected chi connectivity index (χ2v) is 9.43. The number of carbonyl (C=O) groups is 1. The summed E-state index contributed by atoms with van der Waals surface area (Å²) >= 11 is 0. The monoisotopic (exact) mass is 487 g/mol. The molecule has 1 fully saturated rings. The number of hydrogen-bond acceptors (Lipinski definition) is 7. The minimum atomic E-state index is 0.123. The molecule has 1 unspecified atom stereocenters. The first-order chi connectivity index (χ1) is 17.7. The van der Waals surface area contributed by atoms with E-state index in [0.29, 0.717) is 12.2 Å². The van der Waals surface area contributed by atoms with Gasteiger partial charge in [-0.3, -0.25) is 14.8 Å². The molecule has 1 atom stereocenters. The molecular formula is C29H37N5O2. The van der Waals surface area contributed by atoms with Gasteiger partial charge in [0.25, 0.3) is 0 Å². The highest BCUT2D eigenvalue weighted by Gasteiger charge is 2.20. The first-order valence-electron chi connectivity index (χ1n) is 13.1. The summed E-state index contributed by atoms with van der Waals surface area (Å²) in [5, 5.41) is 6.86. The van der Waals surface area contributed by atoms with Crippen LogP contribution in [0.25, 0.3) is 11.3 Å². The molecule has 2 aromatic heterocycles. The van der Waals surface area contributed by atoms with Gasteiger partial charge in [-0.1, -0.05) is 31.5 Å². The molecule has 0 saturated carbocycles. The van der Waals surface area contributed by atoms with Gasteiger partial charge in [0.2, 0.25) is 0 Å². The molecule has 0 spiro atoms. The maximum Gasteiger partial charge on any atom is 0.145 e. The molecule has 0 radical (unpaired) electrons. The third-order valence-corrected chi connectivity index (χ3v) is 6.87. The summed E-state index contributed by atoms with van der Waals surface area (Å²) in [5.41, 5.74) is 3.98. The van der Waals surface area contributed by atoms with E-state index in [9.17, 15) is 4.79 Å². The molecule has 0 aliphatic carbocycles. The van der Waals surface area contributed by atoms with Crippen LogP contribution in [0.2, 0.25) is 0 Å². The van der Waals surface area contributed by atoms with Crippen LogP contribution in [-0.4, -0.2) is 40.9 Å². The van der Waals surface area contributed by atoms with Crippen molar-refractivity contribution in [1.82, 2.24) is 20.3 Å².